The fourth-order valence-corrected chi connectivity index (χ4v) is 1.02. The number of rotatable bonds is 3. The lowest BCUT2D eigenvalue weighted by Gasteiger charge is -2.05. The molecule has 0 aliphatic carbocycles. The molecule has 0 aromatic heterocycles. The molecule has 0 spiro atoms. The van der Waals surface area contributed by atoms with Gasteiger partial charge in [-0.05, 0) is 19.0 Å². The first-order valence-electron chi connectivity index (χ1n) is 4.79. The van der Waals surface area contributed by atoms with Crippen LogP contribution in [0.4, 0.5) is 0 Å². The quantitative estimate of drug-likeness (QED) is 0.724. The maximum atomic E-state index is 10.7. The van der Waals surface area contributed by atoms with Crippen LogP contribution >= 0.6 is 0 Å². The summed E-state index contributed by atoms with van der Waals surface area (Å²) in [6.45, 7) is 6.76. The van der Waals surface area contributed by atoms with E-state index < -0.39 is 0 Å². The summed E-state index contributed by atoms with van der Waals surface area (Å²) in [5.41, 5.74) is 0. The average molecular weight is 185 g/mol. The van der Waals surface area contributed by atoms with Crippen molar-refractivity contribution in [3.05, 3.63) is 12.8 Å². The fourth-order valence-electron chi connectivity index (χ4n) is 1.02. The third-order valence-electron chi connectivity index (χ3n) is 1.84. The standard InChI is InChI=1S/C6H9NO.C4H10O/c1-2-7-5-3-4-6(7)8;1-2-3-4-5/h2H,1,3-5H2;5H,2-4H2,1H3. The highest BCUT2D eigenvalue weighted by atomic mass is 16.2. The summed E-state index contributed by atoms with van der Waals surface area (Å²) in [4.78, 5) is 12.3. The van der Waals surface area contributed by atoms with Gasteiger partial charge in [-0.1, -0.05) is 19.9 Å². The third-order valence-corrected chi connectivity index (χ3v) is 1.84. The van der Waals surface area contributed by atoms with Crippen LogP contribution < -0.4 is 0 Å². The molecule has 0 atom stereocenters. The second-order valence-corrected chi connectivity index (χ2v) is 2.95. The minimum absolute atomic E-state index is 0.208. The molecule has 0 unspecified atom stereocenters. The predicted molar refractivity (Wildman–Crippen MR) is 53.1 cm³/mol. The van der Waals surface area contributed by atoms with E-state index in [-0.39, 0.29) is 5.91 Å². The van der Waals surface area contributed by atoms with E-state index in [0.29, 0.717) is 13.0 Å². The van der Waals surface area contributed by atoms with Crippen molar-refractivity contribution in [3.63, 3.8) is 0 Å². The molecule has 1 rings (SSSR count). The normalized spacial score (nSPS) is 15.2. The van der Waals surface area contributed by atoms with Crippen LogP contribution in [0, 0.1) is 0 Å². The molecular weight excluding hydrogens is 166 g/mol. The molecule has 0 aromatic rings. The number of amides is 1. The van der Waals surface area contributed by atoms with Crippen molar-refractivity contribution >= 4 is 5.91 Å². The highest BCUT2D eigenvalue weighted by Gasteiger charge is 2.15. The summed E-state index contributed by atoms with van der Waals surface area (Å²) in [5.74, 6) is 0.208. The van der Waals surface area contributed by atoms with E-state index >= 15 is 0 Å². The SMILES string of the molecule is C=CN1CCCC1=O.CCCCO. The Morgan fingerprint density at radius 2 is 2.38 bits per heavy atom. The Labute approximate surface area is 80.0 Å². The molecule has 1 heterocycles. The van der Waals surface area contributed by atoms with Crippen molar-refractivity contribution < 1.29 is 9.90 Å². The zero-order valence-corrected chi connectivity index (χ0v) is 8.33. The first-order valence-corrected chi connectivity index (χ1v) is 4.79. The van der Waals surface area contributed by atoms with Gasteiger partial charge in [-0.25, -0.2) is 0 Å². The number of unbranched alkanes of at least 4 members (excludes halogenated alkanes) is 1. The lowest BCUT2D eigenvalue weighted by atomic mass is 10.4. The molecule has 76 valence electrons. The molecule has 0 aromatic carbocycles. The summed E-state index contributed by atoms with van der Waals surface area (Å²) in [6.07, 6.45) is 5.32. The molecule has 3 heteroatoms. The molecule has 1 aliphatic heterocycles. The van der Waals surface area contributed by atoms with Gasteiger partial charge in [0.1, 0.15) is 0 Å². The lowest BCUT2D eigenvalue weighted by molar-refractivity contribution is -0.125. The van der Waals surface area contributed by atoms with Crippen molar-refractivity contribution in [3.8, 4) is 0 Å². The largest absolute Gasteiger partial charge is 0.396 e. The van der Waals surface area contributed by atoms with E-state index in [1.807, 2.05) is 0 Å². The average Bonchev–Trinajstić information content (AvgIpc) is 2.53. The van der Waals surface area contributed by atoms with Gasteiger partial charge >= 0.3 is 0 Å². The van der Waals surface area contributed by atoms with Gasteiger partial charge in [0.15, 0.2) is 0 Å². The molecule has 13 heavy (non-hydrogen) atoms. The molecular formula is C10H19NO2. The number of likely N-dealkylation sites (tertiary alicyclic amines) is 1. The van der Waals surface area contributed by atoms with Gasteiger partial charge < -0.3 is 10.0 Å². The molecule has 3 nitrogen and oxygen atoms in total. The molecule has 1 fully saturated rings. The van der Waals surface area contributed by atoms with Crippen molar-refractivity contribution in [1.82, 2.24) is 4.90 Å². The van der Waals surface area contributed by atoms with E-state index in [4.69, 9.17) is 5.11 Å². The van der Waals surface area contributed by atoms with Gasteiger partial charge in [0, 0.05) is 19.6 Å². The molecule has 0 radical (unpaired) electrons. The first-order chi connectivity index (χ1) is 6.26. The topological polar surface area (TPSA) is 40.5 Å². The smallest absolute Gasteiger partial charge is 0.226 e. The highest BCUT2D eigenvalue weighted by molar-refractivity contribution is 5.78. The van der Waals surface area contributed by atoms with Crippen LogP contribution in [0.5, 0.6) is 0 Å². The maximum absolute atomic E-state index is 10.7. The molecule has 0 saturated carbocycles. The zero-order chi connectivity index (χ0) is 10.1. The second kappa shape index (κ2) is 7.80. The summed E-state index contributed by atoms with van der Waals surface area (Å²) in [5, 5.41) is 8.07. The van der Waals surface area contributed by atoms with Crippen molar-refractivity contribution in [2.75, 3.05) is 13.2 Å². The summed E-state index contributed by atoms with van der Waals surface area (Å²) in [6, 6.07) is 0. The number of carbonyl (C=O) groups excluding carboxylic acids is 1. The van der Waals surface area contributed by atoms with Crippen LogP contribution in [0.25, 0.3) is 0 Å². The minimum atomic E-state index is 0.208. The van der Waals surface area contributed by atoms with Gasteiger partial charge in [-0.3, -0.25) is 4.79 Å². The Morgan fingerprint density at radius 3 is 2.54 bits per heavy atom. The zero-order valence-electron chi connectivity index (χ0n) is 8.33. The van der Waals surface area contributed by atoms with E-state index in [1.165, 1.54) is 0 Å². The van der Waals surface area contributed by atoms with Crippen LogP contribution in [0.1, 0.15) is 32.6 Å². The van der Waals surface area contributed by atoms with E-state index in [9.17, 15) is 4.79 Å². The van der Waals surface area contributed by atoms with Crippen LogP contribution in [-0.2, 0) is 4.79 Å². The Bertz CT molecular complexity index is 155. The number of aliphatic hydroxyl groups excluding tert-OH is 1. The summed E-state index contributed by atoms with van der Waals surface area (Å²) < 4.78 is 0. The Hall–Kier alpha value is -0.830. The summed E-state index contributed by atoms with van der Waals surface area (Å²) in [7, 11) is 0. The van der Waals surface area contributed by atoms with Gasteiger partial charge in [0.2, 0.25) is 5.91 Å². The Kier molecular flexibility index (Phi) is 7.30. The third kappa shape index (κ3) is 5.42. The molecule has 1 N–H and O–H groups in total. The number of nitrogens with zero attached hydrogens (tertiary/aromatic N) is 1. The molecule has 1 aliphatic rings. The Morgan fingerprint density at radius 1 is 1.69 bits per heavy atom. The lowest BCUT2D eigenvalue weighted by Crippen LogP contribution is -2.16. The fraction of sp³-hybridized carbons (Fsp3) is 0.700. The number of carbonyl (C=O) groups is 1. The van der Waals surface area contributed by atoms with Gasteiger partial charge in [-0.15, -0.1) is 0 Å². The van der Waals surface area contributed by atoms with E-state index in [0.717, 1.165) is 25.8 Å². The first kappa shape index (κ1) is 12.2. The maximum Gasteiger partial charge on any atom is 0.226 e. The minimum Gasteiger partial charge on any atom is -0.396 e. The van der Waals surface area contributed by atoms with Gasteiger partial charge in [0.05, 0.1) is 0 Å². The second-order valence-electron chi connectivity index (χ2n) is 2.95. The van der Waals surface area contributed by atoms with Crippen LogP contribution in [0.15, 0.2) is 12.8 Å². The number of hydrogen-bond acceptors (Lipinski definition) is 2. The highest BCUT2D eigenvalue weighted by Crippen LogP contribution is 2.08. The molecule has 1 saturated heterocycles. The van der Waals surface area contributed by atoms with Crippen LogP contribution in [0.2, 0.25) is 0 Å². The number of hydrogen-bond donors (Lipinski definition) is 1. The van der Waals surface area contributed by atoms with Crippen molar-refractivity contribution in [2.24, 2.45) is 0 Å². The van der Waals surface area contributed by atoms with Crippen molar-refractivity contribution in [2.45, 2.75) is 32.6 Å². The van der Waals surface area contributed by atoms with Crippen molar-refractivity contribution in [1.29, 1.82) is 0 Å². The van der Waals surface area contributed by atoms with E-state index in [1.54, 1.807) is 11.1 Å². The Balaban J connectivity index is 0.000000252. The molecule has 0 bridgehead atoms. The van der Waals surface area contributed by atoms with Crippen LogP contribution in [-0.4, -0.2) is 29.1 Å². The predicted octanol–water partition coefficient (Wildman–Crippen LogP) is 1.53. The summed E-state index contributed by atoms with van der Waals surface area (Å²) >= 11 is 0. The van der Waals surface area contributed by atoms with Gasteiger partial charge in [0.25, 0.3) is 0 Å². The monoisotopic (exact) mass is 185 g/mol. The van der Waals surface area contributed by atoms with Crippen LogP contribution in [0.3, 0.4) is 0 Å². The van der Waals surface area contributed by atoms with Gasteiger partial charge in [-0.2, -0.15) is 0 Å². The molecule has 1 amide bonds. The number of aliphatic hydroxyl groups is 1. The van der Waals surface area contributed by atoms with E-state index in [2.05, 4.69) is 13.5 Å².